The molecule has 1 aliphatic rings. The first kappa shape index (κ1) is 15.0. The molecule has 0 saturated heterocycles. The van der Waals surface area contributed by atoms with Gasteiger partial charge in [-0.3, -0.25) is 4.90 Å². The van der Waals surface area contributed by atoms with E-state index in [1.165, 1.54) is 0 Å². The van der Waals surface area contributed by atoms with Crippen molar-refractivity contribution in [3.8, 4) is 0 Å². The Kier molecular flexibility index (Phi) is 5.66. The van der Waals surface area contributed by atoms with E-state index < -0.39 is 5.97 Å². The molecule has 1 aromatic rings. The number of hydrogen-bond donors (Lipinski definition) is 1. The van der Waals surface area contributed by atoms with Crippen LogP contribution in [-0.2, 0) is 11.3 Å². The third kappa shape index (κ3) is 3.73. The molecule has 3 nitrogen and oxygen atoms in total. The largest absolute Gasteiger partial charge is 0.478 e. The number of carboxylic acid groups (broad SMARTS) is 1. The molecule has 0 atom stereocenters. The number of rotatable bonds is 3. The summed E-state index contributed by atoms with van der Waals surface area (Å²) in [6, 6.07) is 7.67. The number of carboxylic acids is 1. The topological polar surface area (TPSA) is 40.5 Å². The Labute approximate surface area is 117 Å². The van der Waals surface area contributed by atoms with Crippen LogP contribution in [0.4, 0.5) is 0 Å². The molecule has 0 saturated carbocycles. The number of hydrogen-bond acceptors (Lipinski definition) is 2. The van der Waals surface area contributed by atoms with Crippen LogP contribution in [-0.4, -0.2) is 29.1 Å². The van der Waals surface area contributed by atoms with Gasteiger partial charge in [0.1, 0.15) is 0 Å². The van der Waals surface area contributed by atoms with E-state index in [4.69, 9.17) is 16.7 Å². The van der Waals surface area contributed by atoms with E-state index in [9.17, 15) is 4.79 Å². The van der Waals surface area contributed by atoms with Crippen LogP contribution in [0.3, 0.4) is 0 Å². The molecule has 1 N–H and O–H groups in total. The lowest BCUT2D eigenvalue weighted by Crippen LogP contribution is -2.31. The molecule has 0 aromatic heterocycles. The Morgan fingerprint density at radius 1 is 1.39 bits per heavy atom. The Morgan fingerprint density at radius 2 is 2.11 bits per heavy atom. The molecular weight excluding hydrogens is 273 g/mol. The van der Waals surface area contributed by atoms with Gasteiger partial charge in [0.25, 0.3) is 0 Å². The van der Waals surface area contributed by atoms with Gasteiger partial charge in [0.15, 0.2) is 0 Å². The van der Waals surface area contributed by atoms with Gasteiger partial charge >= 0.3 is 5.97 Å². The number of benzene rings is 1. The lowest BCUT2D eigenvalue weighted by Gasteiger charge is -2.26. The van der Waals surface area contributed by atoms with E-state index in [2.05, 4.69) is 4.90 Å². The molecule has 18 heavy (non-hydrogen) atoms. The lowest BCUT2D eigenvalue weighted by molar-refractivity contribution is -0.133. The van der Waals surface area contributed by atoms with Gasteiger partial charge in [-0.05, 0) is 18.1 Å². The maximum absolute atomic E-state index is 10.9. The lowest BCUT2D eigenvalue weighted by atomic mass is 10.1. The molecular formula is C13H15Cl2NO2. The summed E-state index contributed by atoms with van der Waals surface area (Å²) in [6.07, 6.45) is 2.58. The van der Waals surface area contributed by atoms with Crippen LogP contribution in [0, 0.1) is 0 Å². The van der Waals surface area contributed by atoms with Crippen LogP contribution in [0.2, 0.25) is 5.02 Å². The quantitative estimate of drug-likeness (QED) is 0.929. The molecule has 5 heteroatoms. The Bertz CT molecular complexity index is 460. The maximum Gasteiger partial charge on any atom is 0.332 e. The van der Waals surface area contributed by atoms with E-state index in [1.807, 2.05) is 24.3 Å². The zero-order valence-corrected chi connectivity index (χ0v) is 11.4. The van der Waals surface area contributed by atoms with Crippen molar-refractivity contribution in [2.24, 2.45) is 0 Å². The Morgan fingerprint density at radius 3 is 2.78 bits per heavy atom. The van der Waals surface area contributed by atoms with Gasteiger partial charge < -0.3 is 5.11 Å². The third-order valence-electron chi connectivity index (χ3n) is 2.86. The first-order valence-corrected chi connectivity index (χ1v) is 5.92. The third-order valence-corrected chi connectivity index (χ3v) is 3.23. The Hall–Kier alpha value is -1.03. The van der Waals surface area contributed by atoms with Crippen molar-refractivity contribution in [1.29, 1.82) is 0 Å². The standard InChI is InChI=1S/C13H14ClNO2.ClH/c14-12-6-2-1-4-10(12)8-15-7-3-5-11(9-15)13(16)17;/h1-2,4-6H,3,7-9H2,(H,16,17);1H. The first-order valence-electron chi connectivity index (χ1n) is 5.55. The van der Waals surface area contributed by atoms with Gasteiger partial charge in [0.05, 0.1) is 0 Å². The highest BCUT2D eigenvalue weighted by atomic mass is 35.5. The van der Waals surface area contributed by atoms with Crippen LogP contribution in [0.1, 0.15) is 12.0 Å². The van der Waals surface area contributed by atoms with Gasteiger partial charge in [-0.15, -0.1) is 12.4 Å². The Balaban J connectivity index is 0.00000162. The first-order chi connectivity index (χ1) is 8.16. The highest BCUT2D eigenvalue weighted by Crippen LogP contribution is 2.19. The fraction of sp³-hybridized carbons (Fsp3) is 0.308. The minimum Gasteiger partial charge on any atom is -0.478 e. The summed E-state index contributed by atoms with van der Waals surface area (Å²) in [4.78, 5) is 13.0. The van der Waals surface area contributed by atoms with Crippen molar-refractivity contribution in [3.05, 3.63) is 46.5 Å². The van der Waals surface area contributed by atoms with E-state index in [1.54, 1.807) is 6.08 Å². The molecule has 1 aliphatic heterocycles. The molecule has 0 aliphatic carbocycles. The molecule has 1 aromatic carbocycles. The summed E-state index contributed by atoms with van der Waals surface area (Å²) >= 11 is 6.08. The van der Waals surface area contributed by atoms with Gasteiger partial charge in [0.2, 0.25) is 0 Å². The SMILES string of the molecule is Cl.O=C(O)C1=CCCN(Cc2ccccc2Cl)C1. The zero-order valence-electron chi connectivity index (χ0n) is 9.80. The van der Waals surface area contributed by atoms with Crippen LogP contribution in [0.25, 0.3) is 0 Å². The van der Waals surface area contributed by atoms with Gasteiger partial charge in [-0.25, -0.2) is 4.79 Å². The van der Waals surface area contributed by atoms with Crippen LogP contribution in [0.15, 0.2) is 35.9 Å². The number of aliphatic carboxylic acids is 1. The minimum absolute atomic E-state index is 0. The van der Waals surface area contributed by atoms with Crippen molar-refractivity contribution in [3.63, 3.8) is 0 Å². The summed E-state index contributed by atoms with van der Waals surface area (Å²) in [6.45, 7) is 2.06. The van der Waals surface area contributed by atoms with Crippen LogP contribution in [0.5, 0.6) is 0 Å². The molecule has 0 radical (unpaired) electrons. The van der Waals surface area contributed by atoms with Crippen LogP contribution >= 0.6 is 24.0 Å². The monoisotopic (exact) mass is 287 g/mol. The fourth-order valence-corrected chi connectivity index (χ4v) is 2.16. The van der Waals surface area contributed by atoms with Crippen molar-refractivity contribution in [1.82, 2.24) is 4.90 Å². The number of halogens is 2. The molecule has 2 rings (SSSR count). The number of nitrogens with zero attached hydrogens (tertiary/aromatic N) is 1. The van der Waals surface area contributed by atoms with Crippen molar-refractivity contribution < 1.29 is 9.90 Å². The normalized spacial score (nSPS) is 15.7. The van der Waals surface area contributed by atoms with Crippen molar-refractivity contribution >= 4 is 30.0 Å². The maximum atomic E-state index is 10.9. The summed E-state index contributed by atoms with van der Waals surface area (Å²) in [5, 5.41) is 9.69. The zero-order chi connectivity index (χ0) is 12.3. The highest BCUT2D eigenvalue weighted by molar-refractivity contribution is 6.31. The molecule has 98 valence electrons. The van der Waals surface area contributed by atoms with E-state index >= 15 is 0 Å². The van der Waals surface area contributed by atoms with Crippen molar-refractivity contribution in [2.45, 2.75) is 13.0 Å². The van der Waals surface area contributed by atoms with E-state index in [-0.39, 0.29) is 12.4 Å². The second-order valence-corrected chi connectivity index (χ2v) is 4.53. The number of carbonyl (C=O) groups is 1. The van der Waals surface area contributed by atoms with Crippen molar-refractivity contribution in [2.75, 3.05) is 13.1 Å². The van der Waals surface area contributed by atoms with Gasteiger partial charge in [-0.2, -0.15) is 0 Å². The summed E-state index contributed by atoms with van der Waals surface area (Å²) in [7, 11) is 0. The molecule has 1 heterocycles. The average molecular weight is 288 g/mol. The molecule has 0 spiro atoms. The smallest absolute Gasteiger partial charge is 0.332 e. The van der Waals surface area contributed by atoms with Crippen LogP contribution < -0.4 is 0 Å². The highest BCUT2D eigenvalue weighted by Gasteiger charge is 2.17. The second kappa shape index (κ2) is 6.78. The van der Waals surface area contributed by atoms with Gasteiger partial charge in [0, 0.05) is 30.2 Å². The predicted octanol–water partition coefficient (Wildman–Crippen LogP) is 2.98. The molecule has 0 fully saturated rings. The summed E-state index contributed by atoms with van der Waals surface area (Å²) < 4.78 is 0. The molecule has 0 amide bonds. The second-order valence-electron chi connectivity index (χ2n) is 4.13. The summed E-state index contributed by atoms with van der Waals surface area (Å²) in [5.74, 6) is -0.825. The minimum atomic E-state index is -0.825. The van der Waals surface area contributed by atoms with E-state index in [0.29, 0.717) is 18.7 Å². The molecule has 0 unspecified atom stereocenters. The average Bonchev–Trinajstić information content (AvgIpc) is 2.32. The van der Waals surface area contributed by atoms with E-state index in [0.717, 1.165) is 23.6 Å². The molecule has 0 bridgehead atoms. The fourth-order valence-electron chi connectivity index (χ4n) is 1.96. The predicted molar refractivity (Wildman–Crippen MR) is 74.3 cm³/mol. The summed E-state index contributed by atoms with van der Waals surface area (Å²) in [5.41, 5.74) is 1.52. The van der Waals surface area contributed by atoms with Gasteiger partial charge in [-0.1, -0.05) is 35.9 Å².